The van der Waals surface area contributed by atoms with Gasteiger partial charge in [0, 0.05) is 11.3 Å². The molecule has 1 atom stereocenters. The van der Waals surface area contributed by atoms with Crippen molar-refractivity contribution >= 4 is 33.3 Å². The number of hydrogen-bond donors (Lipinski definition) is 1. The Morgan fingerprint density at radius 1 is 1.61 bits per heavy atom. The van der Waals surface area contributed by atoms with Crippen molar-refractivity contribution in [1.29, 1.82) is 0 Å². The maximum absolute atomic E-state index is 11.5. The Hall–Kier alpha value is -1.21. The highest BCUT2D eigenvalue weighted by Crippen LogP contribution is 2.21. The minimum Gasteiger partial charge on any atom is -0.273 e. The second kappa shape index (κ2) is 5.62. The van der Waals surface area contributed by atoms with Crippen LogP contribution in [0.15, 0.2) is 22.6 Å². The van der Waals surface area contributed by atoms with Gasteiger partial charge in [0.1, 0.15) is 0 Å². The second-order valence-electron chi connectivity index (χ2n) is 4.28. The summed E-state index contributed by atoms with van der Waals surface area (Å²) in [5, 5.41) is 5.75. The molecule has 1 amide bonds. The van der Waals surface area contributed by atoms with E-state index in [1.54, 1.807) is 6.21 Å². The number of sulfone groups is 1. The summed E-state index contributed by atoms with van der Waals surface area (Å²) < 4.78 is 22.5. The van der Waals surface area contributed by atoms with Crippen LogP contribution in [0.2, 0.25) is 0 Å². The van der Waals surface area contributed by atoms with Crippen molar-refractivity contribution in [3.63, 3.8) is 0 Å². The van der Waals surface area contributed by atoms with Crippen molar-refractivity contribution in [1.82, 2.24) is 5.43 Å². The number of rotatable bonds is 4. The van der Waals surface area contributed by atoms with Crippen molar-refractivity contribution < 1.29 is 13.2 Å². The molecule has 18 heavy (non-hydrogen) atoms. The Bertz CT molecular complexity index is 535. The molecular weight excluding hydrogens is 272 g/mol. The van der Waals surface area contributed by atoms with E-state index in [9.17, 15) is 13.2 Å². The number of hydrogen-bond acceptors (Lipinski definition) is 5. The molecule has 1 fully saturated rings. The molecule has 1 saturated heterocycles. The highest BCUT2D eigenvalue weighted by Gasteiger charge is 2.29. The molecule has 7 heteroatoms. The fraction of sp³-hybridized carbons (Fsp3) is 0.455. The minimum absolute atomic E-state index is 0.0630. The van der Waals surface area contributed by atoms with Gasteiger partial charge in [-0.3, -0.25) is 4.79 Å². The number of nitrogens with one attached hydrogen (secondary N) is 1. The standard InChI is InChI=1S/C11H14N2O3S2/c14-11(6-9-3-5-18(15,16)8-9)13-12-7-10-2-1-4-17-10/h1-2,4,7,9H,3,5-6,8H2,(H,13,14)/b12-7-/t9-/m1/s1. The van der Waals surface area contributed by atoms with E-state index in [0.29, 0.717) is 6.42 Å². The van der Waals surface area contributed by atoms with Crippen LogP contribution in [0.1, 0.15) is 17.7 Å². The molecule has 0 aliphatic carbocycles. The highest BCUT2D eigenvalue weighted by molar-refractivity contribution is 7.91. The Balaban J connectivity index is 1.76. The molecule has 1 aliphatic rings. The highest BCUT2D eigenvalue weighted by atomic mass is 32.2. The van der Waals surface area contributed by atoms with Gasteiger partial charge in [-0.15, -0.1) is 11.3 Å². The third-order valence-electron chi connectivity index (χ3n) is 2.73. The summed E-state index contributed by atoms with van der Waals surface area (Å²) in [4.78, 5) is 12.5. The largest absolute Gasteiger partial charge is 0.273 e. The fourth-order valence-corrected chi connectivity index (χ4v) is 4.32. The lowest BCUT2D eigenvalue weighted by Gasteiger charge is -2.04. The average Bonchev–Trinajstić information content (AvgIpc) is 2.88. The van der Waals surface area contributed by atoms with E-state index in [1.165, 1.54) is 11.3 Å². The molecule has 98 valence electrons. The van der Waals surface area contributed by atoms with Crippen molar-refractivity contribution in [2.75, 3.05) is 11.5 Å². The van der Waals surface area contributed by atoms with Gasteiger partial charge in [0.2, 0.25) is 5.91 Å². The van der Waals surface area contributed by atoms with E-state index in [2.05, 4.69) is 10.5 Å². The smallest absolute Gasteiger partial charge is 0.240 e. The summed E-state index contributed by atoms with van der Waals surface area (Å²) in [6.45, 7) is 0. The quantitative estimate of drug-likeness (QED) is 0.663. The average molecular weight is 286 g/mol. The summed E-state index contributed by atoms with van der Waals surface area (Å²) in [5.74, 6) is 0.0233. The van der Waals surface area contributed by atoms with Crippen LogP contribution in [0.3, 0.4) is 0 Å². The lowest BCUT2D eigenvalue weighted by Crippen LogP contribution is -2.21. The molecule has 2 heterocycles. The predicted molar refractivity (Wildman–Crippen MR) is 71.4 cm³/mol. The van der Waals surface area contributed by atoms with Gasteiger partial charge >= 0.3 is 0 Å². The zero-order valence-electron chi connectivity index (χ0n) is 9.70. The summed E-state index contributed by atoms with van der Waals surface area (Å²) in [7, 11) is -2.91. The molecule has 0 unspecified atom stereocenters. The van der Waals surface area contributed by atoms with E-state index < -0.39 is 9.84 Å². The van der Waals surface area contributed by atoms with Crippen LogP contribution in [0, 0.1) is 5.92 Å². The van der Waals surface area contributed by atoms with E-state index in [0.717, 1.165) is 4.88 Å². The van der Waals surface area contributed by atoms with Crippen LogP contribution in [-0.2, 0) is 14.6 Å². The molecule has 1 aliphatic heterocycles. The van der Waals surface area contributed by atoms with Gasteiger partial charge in [0.05, 0.1) is 17.7 Å². The molecule has 1 aromatic rings. The van der Waals surface area contributed by atoms with E-state index in [-0.39, 0.29) is 29.8 Å². The summed E-state index contributed by atoms with van der Waals surface area (Å²) in [6.07, 6.45) is 2.37. The lowest BCUT2D eigenvalue weighted by molar-refractivity contribution is -0.121. The van der Waals surface area contributed by atoms with Crippen LogP contribution in [0.4, 0.5) is 0 Å². The van der Waals surface area contributed by atoms with Crippen LogP contribution in [-0.4, -0.2) is 32.0 Å². The molecular formula is C11H14N2O3S2. The van der Waals surface area contributed by atoms with Crippen LogP contribution < -0.4 is 5.43 Å². The Morgan fingerprint density at radius 3 is 3.06 bits per heavy atom. The fourth-order valence-electron chi connectivity index (χ4n) is 1.87. The van der Waals surface area contributed by atoms with Crippen LogP contribution in [0.25, 0.3) is 0 Å². The van der Waals surface area contributed by atoms with Crippen molar-refractivity contribution in [2.24, 2.45) is 11.0 Å². The van der Waals surface area contributed by atoms with E-state index in [4.69, 9.17) is 0 Å². The summed E-state index contributed by atoms with van der Waals surface area (Å²) in [5.41, 5.74) is 2.42. The summed E-state index contributed by atoms with van der Waals surface area (Å²) in [6, 6.07) is 3.79. The Labute approximate surface area is 110 Å². The minimum atomic E-state index is -2.91. The predicted octanol–water partition coefficient (Wildman–Crippen LogP) is 1.02. The lowest BCUT2D eigenvalue weighted by atomic mass is 10.1. The first-order valence-electron chi connectivity index (χ1n) is 5.61. The molecule has 0 saturated carbocycles. The number of thiophene rings is 1. The number of carbonyl (C=O) groups is 1. The topological polar surface area (TPSA) is 75.6 Å². The Kier molecular flexibility index (Phi) is 4.13. The number of amides is 1. The zero-order chi connectivity index (χ0) is 13.0. The molecule has 2 rings (SSSR count). The SMILES string of the molecule is O=C(C[C@H]1CCS(=O)(=O)C1)N/N=C\c1cccs1. The van der Waals surface area contributed by atoms with Gasteiger partial charge in [-0.2, -0.15) is 5.10 Å². The van der Waals surface area contributed by atoms with Gasteiger partial charge in [0.25, 0.3) is 0 Å². The van der Waals surface area contributed by atoms with Gasteiger partial charge in [-0.25, -0.2) is 13.8 Å². The maximum Gasteiger partial charge on any atom is 0.240 e. The molecule has 0 radical (unpaired) electrons. The van der Waals surface area contributed by atoms with Crippen molar-refractivity contribution in [3.8, 4) is 0 Å². The van der Waals surface area contributed by atoms with E-state index in [1.807, 2.05) is 17.5 Å². The number of nitrogens with zero attached hydrogens (tertiary/aromatic N) is 1. The van der Waals surface area contributed by atoms with Gasteiger partial charge in [0.15, 0.2) is 9.84 Å². The maximum atomic E-state index is 11.5. The number of hydrazone groups is 1. The number of carbonyl (C=O) groups excluding carboxylic acids is 1. The van der Waals surface area contributed by atoms with Crippen molar-refractivity contribution in [2.45, 2.75) is 12.8 Å². The first-order chi connectivity index (χ1) is 8.55. The monoisotopic (exact) mass is 286 g/mol. The molecule has 1 N–H and O–H groups in total. The molecule has 5 nitrogen and oxygen atoms in total. The first-order valence-corrected chi connectivity index (χ1v) is 8.31. The van der Waals surface area contributed by atoms with Gasteiger partial charge < -0.3 is 0 Å². The summed E-state index contributed by atoms with van der Waals surface area (Å²) >= 11 is 1.53. The van der Waals surface area contributed by atoms with Crippen LogP contribution in [0.5, 0.6) is 0 Å². The van der Waals surface area contributed by atoms with Gasteiger partial charge in [-0.05, 0) is 23.8 Å². The third kappa shape index (κ3) is 3.92. The van der Waals surface area contributed by atoms with Gasteiger partial charge in [-0.1, -0.05) is 6.07 Å². The zero-order valence-corrected chi connectivity index (χ0v) is 11.3. The third-order valence-corrected chi connectivity index (χ3v) is 5.37. The molecule has 1 aromatic heterocycles. The molecule has 0 aromatic carbocycles. The van der Waals surface area contributed by atoms with E-state index >= 15 is 0 Å². The first kappa shape index (κ1) is 13.2. The molecule has 0 bridgehead atoms. The normalized spacial score (nSPS) is 22.3. The van der Waals surface area contributed by atoms with Crippen LogP contribution >= 0.6 is 11.3 Å². The second-order valence-corrected chi connectivity index (χ2v) is 7.49. The Morgan fingerprint density at radius 2 is 2.44 bits per heavy atom. The molecule has 0 spiro atoms. The van der Waals surface area contributed by atoms with Crippen molar-refractivity contribution in [3.05, 3.63) is 22.4 Å².